The number of carbonyl (C=O) groups is 2. The van der Waals surface area contributed by atoms with Crippen LogP contribution in [0.5, 0.6) is 0 Å². The van der Waals surface area contributed by atoms with Crippen molar-refractivity contribution in [3.63, 3.8) is 0 Å². The standard InChI is InChI=1S/C11H19N5O2/c1-4-6-16(7-9(17)12-3)11(18)10-13-8(5-2)14-15-10/h4-7H2,1-3H3,(H,12,17)(H,13,14,15). The number of likely N-dealkylation sites (N-methyl/N-ethyl adjacent to an activating group) is 1. The van der Waals surface area contributed by atoms with Gasteiger partial charge in [0, 0.05) is 20.0 Å². The first-order valence-corrected chi connectivity index (χ1v) is 6.03. The Morgan fingerprint density at radius 1 is 1.39 bits per heavy atom. The van der Waals surface area contributed by atoms with E-state index in [1.54, 1.807) is 7.05 Å². The van der Waals surface area contributed by atoms with Crippen LogP contribution in [0.4, 0.5) is 0 Å². The van der Waals surface area contributed by atoms with E-state index in [0.29, 0.717) is 18.8 Å². The van der Waals surface area contributed by atoms with Gasteiger partial charge in [-0.3, -0.25) is 14.7 Å². The Morgan fingerprint density at radius 2 is 2.11 bits per heavy atom. The fraction of sp³-hybridized carbons (Fsp3) is 0.636. The minimum Gasteiger partial charge on any atom is -0.358 e. The average Bonchev–Trinajstić information content (AvgIpc) is 2.85. The molecule has 2 N–H and O–H groups in total. The molecule has 1 aromatic heterocycles. The van der Waals surface area contributed by atoms with Crippen molar-refractivity contribution < 1.29 is 9.59 Å². The molecule has 0 atom stereocenters. The Bertz CT molecular complexity index is 415. The molecule has 100 valence electrons. The first-order chi connectivity index (χ1) is 8.62. The van der Waals surface area contributed by atoms with Crippen molar-refractivity contribution in [2.75, 3.05) is 20.1 Å². The van der Waals surface area contributed by atoms with E-state index in [4.69, 9.17) is 0 Å². The van der Waals surface area contributed by atoms with Gasteiger partial charge in [-0.25, -0.2) is 4.98 Å². The van der Waals surface area contributed by atoms with Gasteiger partial charge in [-0.2, -0.15) is 0 Å². The largest absolute Gasteiger partial charge is 0.358 e. The molecule has 0 aliphatic rings. The van der Waals surface area contributed by atoms with Crippen molar-refractivity contribution in [1.82, 2.24) is 25.4 Å². The van der Waals surface area contributed by atoms with Crippen LogP contribution in [0, 0.1) is 0 Å². The van der Waals surface area contributed by atoms with Gasteiger partial charge in [0.15, 0.2) is 0 Å². The summed E-state index contributed by atoms with van der Waals surface area (Å²) in [5.41, 5.74) is 0. The number of amides is 2. The van der Waals surface area contributed by atoms with Crippen LogP contribution in [0.15, 0.2) is 0 Å². The van der Waals surface area contributed by atoms with Crippen molar-refractivity contribution in [3.05, 3.63) is 11.6 Å². The number of H-pyrrole nitrogens is 1. The van der Waals surface area contributed by atoms with Gasteiger partial charge in [-0.1, -0.05) is 13.8 Å². The monoisotopic (exact) mass is 253 g/mol. The third kappa shape index (κ3) is 3.54. The van der Waals surface area contributed by atoms with E-state index in [2.05, 4.69) is 20.5 Å². The first kappa shape index (κ1) is 14.1. The predicted molar refractivity (Wildman–Crippen MR) is 66.0 cm³/mol. The van der Waals surface area contributed by atoms with Crippen LogP contribution in [0.2, 0.25) is 0 Å². The predicted octanol–water partition coefficient (Wildman–Crippen LogP) is -0.0347. The molecule has 18 heavy (non-hydrogen) atoms. The van der Waals surface area contributed by atoms with E-state index in [-0.39, 0.29) is 24.2 Å². The Labute approximate surface area is 106 Å². The van der Waals surface area contributed by atoms with Gasteiger partial charge in [0.05, 0.1) is 6.54 Å². The maximum atomic E-state index is 12.1. The number of nitrogens with one attached hydrogen (secondary N) is 2. The fourth-order valence-electron chi connectivity index (χ4n) is 1.47. The highest BCUT2D eigenvalue weighted by molar-refractivity contribution is 5.93. The van der Waals surface area contributed by atoms with Crippen LogP contribution in [0.3, 0.4) is 0 Å². The number of hydrogen-bond donors (Lipinski definition) is 2. The summed E-state index contributed by atoms with van der Waals surface area (Å²) in [6, 6.07) is 0. The van der Waals surface area contributed by atoms with Crippen LogP contribution in [-0.4, -0.2) is 52.0 Å². The zero-order chi connectivity index (χ0) is 13.5. The highest BCUT2D eigenvalue weighted by atomic mass is 16.2. The Balaban J connectivity index is 2.78. The van der Waals surface area contributed by atoms with Crippen LogP contribution in [-0.2, 0) is 11.2 Å². The molecule has 2 amide bonds. The molecule has 0 aliphatic carbocycles. The number of carbonyl (C=O) groups excluding carboxylic acids is 2. The molecule has 1 heterocycles. The van der Waals surface area contributed by atoms with Crippen molar-refractivity contribution >= 4 is 11.8 Å². The van der Waals surface area contributed by atoms with Gasteiger partial charge in [-0.05, 0) is 6.42 Å². The summed E-state index contributed by atoms with van der Waals surface area (Å²) in [5.74, 6) is 0.249. The second-order valence-electron chi connectivity index (χ2n) is 3.86. The van der Waals surface area contributed by atoms with Gasteiger partial charge >= 0.3 is 0 Å². The summed E-state index contributed by atoms with van der Waals surface area (Å²) in [6.45, 7) is 4.39. The number of aromatic nitrogens is 3. The lowest BCUT2D eigenvalue weighted by Gasteiger charge is -2.19. The van der Waals surface area contributed by atoms with Crippen LogP contribution < -0.4 is 5.32 Å². The molecule has 0 bridgehead atoms. The number of rotatable bonds is 6. The van der Waals surface area contributed by atoms with Crippen molar-refractivity contribution in [3.8, 4) is 0 Å². The average molecular weight is 253 g/mol. The van der Waals surface area contributed by atoms with E-state index < -0.39 is 0 Å². The maximum Gasteiger partial charge on any atom is 0.293 e. The lowest BCUT2D eigenvalue weighted by Crippen LogP contribution is -2.40. The van der Waals surface area contributed by atoms with Gasteiger partial charge in [0.1, 0.15) is 5.82 Å². The Hall–Kier alpha value is -1.92. The van der Waals surface area contributed by atoms with E-state index in [1.807, 2.05) is 13.8 Å². The molecule has 0 fully saturated rings. The smallest absolute Gasteiger partial charge is 0.293 e. The SMILES string of the molecule is CCCN(CC(=O)NC)C(=O)c1n[nH]c(CC)n1. The summed E-state index contributed by atoms with van der Waals surface area (Å²) in [6.07, 6.45) is 1.46. The number of nitrogens with zero attached hydrogens (tertiary/aromatic N) is 3. The number of aryl methyl sites for hydroxylation is 1. The molecule has 0 aromatic carbocycles. The van der Waals surface area contributed by atoms with Gasteiger partial charge in [0.25, 0.3) is 5.91 Å². The van der Waals surface area contributed by atoms with Crippen molar-refractivity contribution in [2.45, 2.75) is 26.7 Å². The molecule has 1 aromatic rings. The van der Waals surface area contributed by atoms with Gasteiger partial charge in [0.2, 0.25) is 11.7 Å². The van der Waals surface area contributed by atoms with E-state index >= 15 is 0 Å². The lowest BCUT2D eigenvalue weighted by atomic mass is 10.3. The van der Waals surface area contributed by atoms with E-state index in [9.17, 15) is 9.59 Å². The molecular weight excluding hydrogens is 234 g/mol. The molecule has 0 aliphatic heterocycles. The minimum atomic E-state index is -0.323. The molecule has 1 rings (SSSR count). The summed E-state index contributed by atoms with van der Waals surface area (Å²) < 4.78 is 0. The molecule has 0 unspecified atom stereocenters. The van der Waals surface area contributed by atoms with Gasteiger partial charge in [-0.15, -0.1) is 5.10 Å². The van der Waals surface area contributed by atoms with Crippen molar-refractivity contribution in [1.29, 1.82) is 0 Å². The molecule has 7 heteroatoms. The summed E-state index contributed by atoms with van der Waals surface area (Å²) in [4.78, 5) is 29.0. The summed E-state index contributed by atoms with van der Waals surface area (Å²) in [7, 11) is 1.54. The second-order valence-corrected chi connectivity index (χ2v) is 3.86. The van der Waals surface area contributed by atoms with Gasteiger partial charge < -0.3 is 10.2 Å². The van der Waals surface area contributed by atoms with Crippen molar-refractivity contribution in [2.24, 2.45) is 0 Å². The number of hydrogen-bond acceptors (Lipinski definition) is 4. The van der Waals surface area contributed by atoms with Crippen LogP contribution in [0.1, 0.15) is 36.7 Å². The molecule has 0 radical (unpaired) electrons. The highest BCUT2D eigenvalue weighted by Gasteiger charge is 2.21. The fourth-order valence-corrected chi connectivity index (χ4v) is 1.47. The third-order valence-electron chi connectivity index (χ3n) is 2.45. The topological polar surface area (TPSA) is 91.0 Å². The quantitative estimate of drug-likeness (QED) is 0.744. The summed E-state index contributed by atoms with van der Waals surface area (Å²) in [5, 5.41) is 9.05. The molecule has 0 spiro atoms. The Kier molecular flexibility index (Phi) is 5.29. The minimum absolute atomic E-state index is 0.0270. The van der Waals surface area contributed by atoms with E-state index in [0.717, 1.165) is 6.42 Å². The lowest BCUT2D eigenvalue weighted by molar-refractivity contribution is -0.121. The zero-order valence-corrected chi connectivity index (χ0v) is 11.0. The normalized spacial score (nSPS) is 10.2. The highest BCUT2D eigenvalue weighted by Crippen LogP contribution is 2.01. The molecular formula is C11H19N5O2. The molecule has 0 saturated carbocycles. The van der Waals surface area contributed by atoms with Crippen LogP contribution in [0.25, 0.3) is 0 Å². The maximum absolute atomic E-state index is 12.1. The Morgan fingerprint density at radius 3 is 2.61 bits per heavy atom. The first-order valence-electron chi connectivity index (χ1n) is 6.03. The van der Waals surface area contributed by atoms with E-state index in [1.165, 1.54) is 4.90 Å². The molecule has 0 saturated heterocycles. The number of aromatic amines is 1. The summed E-state index contributed by atoms with van der Waals surface area (Å²) >= 11 is 0. The third-order valence-corrected chi connectivity index (χ3v) is 2.45. The zero-order valence-electron chi connectivity index (χ0n) is 11.0. The molecule has 7 nitrogen and oxygen atoms in total. The second kappa shape index (κ2) is 6.73. The van der Waals surface area contributed by atoms with Crippen LogP contribution >= 0.6 is 0 Å².